The summed E-state index contributed by atoms with van der Waals surface area (Å²) >= 11 is 0. The largest absolute Gasteiger partial charge is 0.454 e. The first kappa shape index (κ1) is 17.7. The number of carbonyl (C=O) groups excluding carboxylic acids is 1. The predicted molar refractivity (Wildman–Crippen MR) is 109 cm³/mol. The molecule has 2 aliphatic heterocycles. The Morgan fingerprint density at radius 1 is 1.17 bits per heavy atom. The molecule has 0 saturated carbocycles. The molecule has 1 fully saturated rings. The second-order valence-corrected chi connectivity index (χ2v) is 7.19. The molecule has 0 radical (unpaired) electrons. The number of rotatable bonds is 4. The smallest absolute Gasteiger partial charge is 0.258 e. The lowest BCUT2D eigenvalue weighted by molar-refractivity contribution is -0.122. The molecule has 1 amide bonds. The number of benzene rings is 2. The molecule has 8 heteroatoms. The topological polar surface area (TPSA) is 99.8 Å². The third-order valence-electron chi connectivity index (χ3n) is 5.33. The average Bonchev–Trinajstić information content (AvgIpc) is 3.46. The summed E-state index contributed by atoms with van der Waals surface area (Å²) < 4.78 is 10.8. The quantitative estimate of drug-likeness (QED) is 0.404. The Hall–Kier alpha value is -3.36. The molecule has 2 aromatic carbocycles. The third kappa shape index (κ3) is 3.32. The number of nitrogens with one attached hydrogen (secondary N) is 4. The van der Waals surface area contributed by atoms with Crippen molar-refractivity contribution < 1.29 is 14.3 Å². The van der Waals surface area contributed by atoms with Gasteiger partial charge in [0.2, 0.25) is 6.79 Å². The maximum absolute atomic E-state index is 12.5. The molecule has 0 spiro atoms. The number of amides is 1. The highest BCUT2D eigenvalue weighted by molar-refractivity contribution is 6.00. The van der Waals surface area contributed by atoms with Crippen LogP contribution in [0.15, 0.2) is 47.6 Å². The Morgan fingerprint density at radius 2 is 2.03 bits per heavy atom. The van der Waals surface area contributed by atoms with Crippen LogP contribution in [-0.2, 0) is 4.79 Å². The molecule has 3 aromatic rings. The molecule has 29 heavy (non-hydrogen) atoms. The van der Waals surface area contributed by atoms with Crippen LogP contribution in [-0.4, -0.2) is 29.9 Å². The van der Waals surface area contributed by atoms with Crippen molar-refractivity contribution in [1.29, 1.82) is 0 Å². The number of hydrogen-bond donors (Lipinski definition) is 4. The summed E-state index contributed by atoms with van der Waals surface area (Å²) in [6.45, 7) is 2.23. The molecule has 2 atom stereocenters. The van der Waals surface area contributed by atoms with Crippen molar-refractivity contribution in [3.8, 4) is 11.5 Å². The summed E-state index contributed by atoms with van der Waals surface area (Å²) in [5, 5.41) is 5.24. The highest BCUT2D eigenvalue weighted by Crippen LogP contribution is 2.35. The van der Waals surface area contributed by atoms with Crippen molar-refractivity contribution in [3.05, 3.63) is 59.3 Å². The molecule has 4 N–H and O–H groups in total. The van der Waals surface area contributed by atoms with Gasteiger partial charge in [0.15, 0.2) is 11.5 Å². The molecule has 1 saturated heterocycles. The Kier molecular flexibility index (Phi) is 4.42. The first-order chi connectivity index (χ1) is 14.2. The fraction of sp³-hybridized carbons (Fsp3) is 0.238. The van der Waals surface area contributed by atoms with E-state index in [1.54, 1.807) is 6.21 Å². The molecular formula is C21H21N5O3. The number of hydrogen-bond acceptors (Lipinski definition) is 6. The van der Waals surface area contributed by atoms with Gasteiger partial charge in [0.25, 0.3) is 5.91 Å². The van der Waals surface area contributed by atoms with Gasteiger partial charge in [-0.2, -0.15) is 5.10 Å². The van der Waals surface area contributed by atoms with Gasteiger partial charge in [-0.1, -0.05) is 24.3 Å². The Morgan fingerprint density at radius 3 is 2.97 bits per heavy atom. The first-order valence-electron chi connectivity index (χ1n) is 9.50. The van der Waals surface area contributed by atoms with E-state index in [9.17, 15) is 4.79 Å². The van der Waals surface area contributed by atoms with Gasteiger partial charge in [0.1, 0.15) is 6.04 Å². The van der Waals surface area contributed by atoms with Crippen molar-refractivity contribution in [2.75, 3.05) is 6.79 Å². The van der Waals surface area contributed by atoms with Gasteiger partial charge in [-0.25, -0.2) is 16.3 Å². The lowest BCUT2D eigenvalue weighted by atomic mass is 10.0. The average molecular weight is 391 g/mol. The second kappa shape index (κ2) is 7.23. The van der Waals surface area contributed by atoms with E-state index in [1.807, 2.05) is 49.4 Å². The zero-order valence-electron chi connectivity index (χ0n) is 15.9. The number of hydrazone groups is 1. The van der Waals surface area contributed by atoms with Crippen molar-refractivity contribution in [3.63, 3.8) is 0 Å². The van der Waals surface area contributed by atoms with Crippen LogP contribution in [0.1, 0.15) is 29.3 Å². The highest BCUT2D eigenvalue weighted by Gasteiger charge is 2.31. The van der Waals surface area contributed by atoms with Crippen LogP contribution < -0.4 is 25.8 Å². The Balaban J connectivity index is 1.23. The van der Waals surface area contributed by atoms with Crippen LogP contribution in [0.5, 0.6) is 11.5 Å². The number of aromatic amines is 1. The van der Waals surface area contributed by atoms with Crippen molar-refractivity contribution in [2.45, 2.75) is 25.4 Å². The molecule has 5 rings (SSSR count). The van der Waals surface area contributed by atoms with E-state index in [0.29, 0.717) is 6.42 Å². The van der Waals surface area contributed by atoms with E-state index >= 15 is 0 Å². The highest BCUT2D eigenvalue weighted by atomic mass is 16.7. The number of fused-ring (bicyclic) bond motifs is 2. The van der Waals surface area contributed by atoms with Crippen LogP contribution >= 0.6 is 0 Å². The van der Waals surface area contributed by atoms with Gasteiger partial charge in [-0.3, -0.25) is 4.79 Å². The van der Waals surface area contributed by atoms with Crippen LogP contribution in [0.3, 0.4) is 0 Å². The molecule has 0 aliphatic carbocycles. The summed E-state index contributed by atoms with van der Waals surface area (Å²) in [4.78, 5) is 15.8. The maximum Gasteiger partial charge on any atom is 0.258 e. The number of aryl methyl sites for hydroxylation is 1. The number of para-hydroxylation sites is 1. The molecule has 1 aromatic heterocycles. The third-order valence-corrected chi connectivity index (χ3v) is 5.33. The van der Waals surface area contributed by atoms with Gasteiger partial charge < -0.3 is 14.5 Å². The number of ether oxygens (including phenoxy) is 2. The zero-order valence-corrected chi connectivity index (χ0v) is 15.9. The van der Waals surface area contributed by atoms with Crippen LogP contribution in [0, 0.1) is 6.92 Å². The van der Waals surface area contributed by atoms with E-state index in [-0.39, 0.29) is 24.8 Å². The minimum absolute atomic E-state index is 0.0000846. The lowest BCUT2D eigenvalue weighted by Crippen LogP contribution is -2.41. The minimum atomic E-state index is -0.383. The fourth-order valence-electron chi connectivity index (χ4n) is 3.78. The standard InChI is InChI=1S/C21H21N5O3/c1-12-15(14-4-2-3-5-16(14)23-12)10-22-26-21(27)18-9-17(24-25-18)13-6-7-19-20(8-13)29-11-28-19/h2-8,10,17-18,23-25H,9,11H2,1H3,(H,26,27)/b22-10+. The summed E-state index contributed by atoms with van der Waals surface area (Å²) in [5.41, 5.74) is 12.9. The second-order valence-electron chi connectivity index (χ2n) is 7.19. The Bertz CT molecular complexity index is 1110. The van der Waals surface area contributed by atoms with Crippen molar-refractivity contribution >= 4 is 23.0 Å². The van der Waals surface area contributed by atoms with Gasteiger partial charge in [0.05, 0.1) is 6.21 Å². The maximum atomic E-state index is 12.5. The van der Waals surface area contributed by atoms with Gasteiger partial charge in [-0.15, -0.1) is 0 Å². The number of nitrogens with zero attached hydrogens (tertiary/aromatic N) is 1. The number of aromatic nitrogens is 1. The molecule has 8 nitrogen and oxygen atoms in total. The molecule has 2 aliphatic rings. The minimum Gasteiger partial charge on any atom is -0.454 e. The van der Waals surface area contributed by atoms with Gasteiger partial charge in [0, 0.05) is 28.2 Å². The molecule has 2 unspecified atom stereocenters. The van der Waals surface area contributed by atoms with E-state index < -0.39 is 0 Å². The first-order valence-corrected chi connectivity index (χ1v) is 9.50. The Labute approximate surface area is 167 Å². The van der Waals surface area contributed by atoms with Gasteiger partial charge in [-0.05, 0) is 37.1 Å². The summed E-state index contributed by atoms with van der Waals surface area (Å²) in [5.74, 6) is 1.29. The molecule has 0 bridgehead atoms. The zero-order chi connectivity index (χ0) is 19.8. The van der Waals surface area contributed by atoms with Crippen LogP contribution in [0.2, 0.25) is 0 Å². The summed E-state index contributed by atoms with van der Waals surface area (Å²) in [6, 6.07) is 13.4. The normalized spacial score (nSPS) is 20.6. The molecule has 148 valence electrons. The number of hydrazine groups is 1. The van der Waals surface area contributed by atoms with E-state index in [1.165, 1.54) is 0 Å². The van der Waals surface area contributed by atoms with Gasteiger partial charge >= 0.3 is 0 Å². The van der Waals surface area contributed by atoms with Crippen molar-refractivity contribution in [1.82, 2.24) is 21.3 Å². The SMILES string of the molecule is Cc1[nH]c2ccccc2c1/C=N/NC(=O)C1CC(c2ccc3c(c2)OCO3)NN1. The molecule has 3 heterocycles. The van der Waals surface area contributed by atoms with E-state index in [0.717, 1.165) is 39.2 Å². The monoisotopic (exact) mass is 391 g/mol. The van der Waals surface area contributed by atoms with Crippen LogP contribution in [0.25, 0.3) is 10.9 Å². The van der Waals surface area contributed by atoms with E-state index in [4.69, 9.17) is 9.47 Å². The van der Waals surface area contributed by atoms with Crippen LogP contribution in [0.4, 0.5) is 0 Å². The summed E-state index contributed by atoms with van der Waals surface area (Å²) in [6.07, 6.45) is 2.29. The summed E-state index contributed by atoms with van der Waals surface area (Å²) in [7, 11) is 0. The molecular weight excluding hydrogens is 370 g/mol. The number of carbonyl (C=O) groups is 1. The van der Waals surface area contributed by atoms with Crippen molar-refractivity contribution in [2.24, 2.45) is 5.10 Å². The van der Waals surface area contributed by atoms with E-state index in [2.05, 4.69) is 26.4 Å². The fourth-order valence-corrected chi connectivity index (χ4v) is 3.78. The predicted octanol–water partition coefficient (Wildman–Crippen LogP) is 2.26. The number of H-pyrrole nitrogens is 1. The lowest BCUT2D eigenvalue weighted by Gasteiger charge is -2.10.